The highest BCUT2D eigenvalue weighted by Gasteiger charge is 2.13. The monoisotopic (exact) mass is 332 g/mol. The molecule has 1 aliphatic rings. The molecule has 0 radical (unpaired) electrons. The van der Waals surface area contributed by atoms with Crippen molar-refractivity contribution in [1.29, 1.82) is 0 Å². The van der Waals surface area contributed by atoms with Crippen molar-refractivity contribution in [3.8, 4) is 5.75 Å². The van der Waals surface area contributed by atoms with Crippen molar-refractivity contribution in [2.45, 2.75) is 32.1 Å². The van der Waals surface area contributed by atoms with E-state index in [1.807, 2.05) is 0 Å². The van der Waals surface area contributed by atoms with Crippen LogP contribution in [-0.4, -0.2) is 16.8 Å². The number of thiocarbonyl (C=S) groups is 1. The zero-order valence-corrected chi connectivity index (χ0v) is 13.4. The van der Waals surface area contributed by atoms with Crippen LogP contribution in [0.25, 0.3) is 0 Å². The van der Waals surface area contributed by atoms with Gasteiger partial charge in [-0.2, -0.15) is 0 Å². The van der Waals surface area contributed by atoms with E-state index in [-0.39, 0.29) is 15.8 Å². The van der Waals surface area contributed by atoms with Gasteiger partial charge in [-0.3, -0.25) is 0 Å². The normalized spacial score (nSPS) is 15.9. The lowest BCUT2D eigenvalue weighted by Gasteiger charge is -2.22. The Kier molecular flexibility index (Phi) is 5.75. The quantitative estimate of drug-likeness (QED) is 0.560. The first-order valence-corrected chi connectivity index (χ1v) is 7.95. The van der Waals surface area contributed by atoms with Crippen molar-refractivity contribution in [3.05, 3.63) is 22.2 Å². The maximum absolute atomic E-state index is 9.50. The highest BCUT2D eigenvalue weighted by Crippen LogP contribution is 2.34. The van der Waals surface area contributed by atoms with Crippen LogP contribution in [0.15, 0.2) is 12.1 Å². The zero-order valence-electron chi connectivity index (χ0n) is 11.1. The van der Waals surface area contributed by atoms with Gasteiger partial charge in [-0.05, 0) is 43.1 Å². The summed E-state index contributed by atoms with van der Waals surface area (Å²) in [5.74, 6) is 0.593. The van der Waals surface area contributed by atoms with Gasteiger partial charge in [0.2, 0.25) is 0 Å². The molecule has 1 aromatic carbocycles. The number of phenols is 1. The third-order valence-electron chi connectivity index (χ3n) is 3.55. The van der Waals surface area contributed by atoms with Crippen LogP contribution in [0, 0.1) is 5.92 Å². The molecule has 2 rings (SSSR count). The van der Waals surface area contributed by atoms with Gasteiger partial charge in [0.05, 0.1) is 10.0 Å². The maximum Gasteiger partial charge on any atom is 0.170 e. The van der Waals surface area contributed by atoms with Crippen LogP contribution in [0.5, 0.6) is 5.75 Å². The lowest BCUT2D eigenvalue weighted by atomic mass is 9.89. The first-order chi connectivity index (χ1) is 9.56. The van der Waals surface area contributed by atoms with E-state index in [1.54, 1.807) is 12.1 Å². The molecular formula is C14H18Cl2N2OS. The SMILES string of the molecule is Oc1c(Cl)cc(NC(=S)NCC2CCCCC2)cc1Cl. The molecule has 0 saturated heterocycles. The van der Waals surface area contributed by atoms with Crippen molar-refractivity contribution in [2.75, 3.05) is 11.9 Å². The molecule has 1 aromatic rings. The van der Waals surface area contributed by atoms with Gasteiger partial charge in [0.1, 0.15) is 0 Å². The summed E-state index contributed by atoms with van der Waals surface area (Å²) in [4.78, 5) is 0. The summed E-state index contributed by atoms with van der Waals surface area (Å²) >= 11 is 17.0. The van der Waals surface area contributed by atoms with E-state index in [0.717, 1.165) is 6.54 Å². The standard InChI is InChI=1S/C14H18Cl2N2OS/c15-11-6-10(7-12(16)13(11)19)18-14(20)17-8-9-4-2-1-3-5-9/h6-7,9,19H,1-5,8H2,(H2,17,18,20). The van der Waals surface area contributed by atoms with Crippen LogP contribution in [0.1, 0.15) is 32.1 Å². The number of rotatable bonds is 3. The molecule has 20 heavy (non-hydrogen) atoms. The summed E-state index contributed by atoms with van der Waals surface area (Å²) in [7, 11) is 0. The van der Waals surface area contributed by atoms with Crippen molar-refractivity contribution >= 4 is 46.2 Å². The zero-order chi connectivity index (χ0) is 14.5. The summed E-state index contributed by atoms with van der Waals surface area (Å²) in [5, 5.41) is 16.7. The van der Waals surface area contributed by atoms with Crippen molar-refractivity contribution < 1.29 is 5.11 Å². The van der Waals surface area contributed by atoms with Crippen LogP contribution in [0.4, 0.5) is 5.69 Å². The summed E-state index contributed by atoms with van der Waals surface area (Å²) < 4.78 is 0. The number of aromatic hydroxyl groups is 1. The molecule has 1 fully saturated rings. The van der Waals surface area contributed by atoms with Crippen LogP contribution >= 0.6 is 35.4 Å². The Hall–Kier alpha value is -0.710. The molecule has 3 N–H and O–H groups in total. The molecule has 0 spiro atoms. The van der Waals surface area contributed by atoms with Gasteiger partial charge in [-0.1, -0.05) is 42.5 Å². The van der Waals surface area contributed by atoms with E-state index < -0.39 is 0 Å². The van der Waals surface area contributed by atoms with E-state index >= 15 is 0 Å². The smallest absolute Gasteiger partial charge is 0.170 e. The van der Waals surface area contributed by atoms with Crippen molar-refractivity contribution in [3.63, 3.8) is 0 Å². The number of hydrogen-bond donors (Lipinski definition) is 3. The predicted molar refractivity (Wildman–Crippen MR) is 88.9 cm³/mol. The third kappa shape index (κ3) is 4.40. The highest BCUT2D eigenvalue weighted by atomic mass is 35.5. The van der Waals surface area contributed by atoms with E-state index in [0.29, 0.717) is 16.7 Å². The van der Waals surface area contributed by atoms with E-state index in [4.69, 9.17) is 35.4 Å². The van der Waals surface area contributed by atoms with E-state index in [2.05, 4.69) is 10.6 Å². The van der Waals surface area contributed by atoms with Crippen LogP contribution in [0.2, 0.25) is 10.0 Å². The minimum atomic E-state index is -0.111. The van der Waals surface area contributed by atoms with Gasteiger partial charge in [0.15, 0.2) is 10.9 Å². The third-order valence-corrected chi connectivity index (χ3v) is 4.37. The lowest BCUT2D eigenvalue weighted by Crippen LogP contribution is -2.33. The first kappa shape index (κ1) is 15.7. The molecule has 0 aromatic heterocycles. The van der Waals surface area contributed by atoms with Gasteiger partial charge in [-0.15, -0.1) is 0 Å². The second-order valence-electron chi connectivity index (χ2n) is 5.13. The molecule has 6 heteroatoms. The fourth-order valence-electron chi connectivity index (χ4n) is 2.44. The second-order valence-corrected chi connectivity index (χ2v) is 6.35. The Morgan fingerprint density at radius 2 is 1.80 bits per heavy atom. The van der Waals surface area contributed by atoms with Crippen LogP contribution in [0.3, 0.4) is 0 Å². The molecule has 0 heterocycles. The second kappa shape index (κ2) is 7.34. The molecular weight excluding hydrogens is 315 g/mol. The summed E-state index contributed by atoms with van der Waals surface area (Å²) in [6.45, 7) is 0.894. The van der Waals surface area contributed by atoms with Crippen molar-refractivity contribution in [2.24, 2.45) is 5.92 Å². The Bertz CT molecular complexity index is 467. The molecule has 0 unspecified atom stereocenters. The number of anilines is 1. The highest BCUT2D eigenvalue weighted by molar-refractivity contribution is 7.80. The van der Waals surface area contributed by atoms with Gasteiger partial charge < -0.3 is 15.7 Å². The van der Waals surface area contributed by atoms with Gasteiger partial charge in [0, 0.05) is 12.2 Å². The van der Waals surface area contributed by atoms with E-state index in [1.165, 1.54) is 32.1 Å². The Morgan fingerprint density at radius 1 is 1.20 bits per heavy atom. The molecule has 0 amide bonds. The molecule has 0 bridgehead atoms. The molecule has 1 aliphatic carbocycles. The number of benzene rings is 1. The Morgan fingerprint density at radius 3 is 2.40 bits per heavy atom. The number of nitrogens with one attached hydrogen (secondary N) is 2. The number of phenolic OH excluding ortho intramolecular Hbond substituents is 1. The Labute approximate surface area is 134 Å². The first-order valence-electron chi connectivity index (χ1n) is 6.79. The summed E-state index contributed by atoms with van der Waals surface area (Å²) in [6, 6.07) is 3.19. The average molecular weight is 333 g/mol. The van der Waals surface area contributed by atoms with Crippen molar-refractivity contribution in [1.82, 2.24) is 5.32 Å². The van der Waals surface area contributed by atoms with Crippen LogP contribution in [-0.2, 0) is 0 Å². The molecule has 0 aliphatic heterocycles. The molecule has 3 nitrogen and oxygen atoms in total. The lowest BCUT2D eigenvalue weighted by molar-refractivity contribution is 0.357. The topological polar surface area (TPSA) is 44.3 Å². The number of hydrogen-bond acceptors (Lipinski definition) is 2. The maximum atomic E-state index is 9.50. The molecule has 0 atom stereocenters. The summed E-state index contributed by atoms with van der Waals surface area (Å²) in [5.41, 5.74) is 0.666. The fraction of sp³-hybridized carbons (Fsp3) is 0.500. The minimum absolute atomic E-state index is 0.111. The predicted octanol–water partition coefficient (Wildman–Crippen LogP) is 4.57. The fourth-order valence-corrected chi connectivity index (χ4v) is 3.13. The number of halogens is 2. The molecule has 110 valence electrons. The minimum Gasteiger partial charge on any atom is -0.505 e. The Balaban J connectivity index is 1.84. The largest absolute Gasteiger partial charge is 0.505 e. The average Bonchev–Trinajstić information content (AvgIpc) is 2.43. The van der Waals surface area contributed by atoms with Gasteiger partial charge in [-0.25, -0.2) is 0 Å². The van der Waals surface area contributed by atoms with Gasteiger partial charge in [0.25, 0.3) is 0 Å². The summed E-state index contributed by atoms with van der Waals surface area (Å²) in [6.07, 6.45) is 6.52. The van der Waals surface area contributed by atoms with Gasteiger partial charge >= 0.3 is 0 Å². The molecule has 1 saturated carbocycles. The van der Waals surface area contributed by atoms with Crippen LogP contribution < -0.4 is 10.6 Å². The van der Waals surface area contributed by atoms with E-state index in [9.17, 15) is 5.11 Å².